The first kappa shape index (κ1) is 13.9. The van der Waals surface area contributed by atoms with Crippen LogP contribution in [0, 0.1) is 5.82 Å². The molecular weight excluding hydrogens is 263 g/mol. The molecule has 0 aromatic heterocycles. The Morgan fingerprint density at radius 1 is 1.20 bits per heavy atom. The predicted molar refractivity (Wildman–Crippen MR) is 70.7 cm³/mol. The van der Waals surface area contributed by atoms with Crippen molar-refractivity contribution in [2.45, 2.75) is 6.61 Å². The Morgan fingerprint density at radius 3 is 2.50 bits per heavy atom. The average molecular weight is 276 g/mol. The van der Waals surface area contributed by atoms with E-state index in [-0.39, 0.29) is 12.4 Å². The van der Waals surface area contributed by atoms with Crippen LogP contribution in [0.3, 0.4) is 0 Å². The predicted octanol–water partition coefficient (Wildman–Crippen LogP) is 3.11. The number of rotatable bonds is 5. The second-order valence-electron chi connectivity index (χ2n) is 4.05. The summed E-state index contributed by atoms with van der Waals surface area (Å²) in [5, 5.41) is 8.98. The number of hydrogen-bond acceptors (Lipinski definition) is 3. The van der Waals surface area contributed by atoms with Crippen LogP contribution in [0.4, 0.5) is 4.39 Å². The van der Waals surface area contributed by atoms with Gasteiger partial charge in [-0.1, -0.05) is 18.2 Å². The van der Waals surface area contributed by atoms with E-state index in [4.69, 9.17) is 14.6 Å². The summed E-state index contributed by atoms with van der Waals surface area (Å²) in [5.41, 5.74) is 0.368. The minimum Gasteiger partial charge on any atom is -0.497 e. The Bertz CT molecular complexity index is 608. The van der Waals surface area contributed by atoms with E-state index >= 15 is 0 Å². The molecule has 0 spiro atoms. The number of halogens is 1. The molecule has 0 saturated heterocycles. The molecule has 0 aliphatic rings. The monoisotopic (exact) mass is 276 g/mol. The van der Waals surface area contributed by atoms with Crippen molar-refractivity contribution in [3.8, 4) is 11.5 Å². The number of ether oxygens (including phenoxy) is 2. The molecule has 0 fully saturated rings. The molecule has 0 atom stereocenters. The van der Waals surface area contributed by atoms with Gasteiger partial charge in [0.1, 0.15) is 29.5 Å². The van der Waals surface area contributed by atoms with Gasteiger partial charge in [0.25, 0.3) is 0 Å². The fourth-order valence-electron chi connectivity index (χ4n) is 1.72. The van der Waals surface area contributed by atoms with Crippen LogP contribution in [0.2, 0.25) is 0 Å². The summed E-state index contributed by atoms with van der Waals surface area (Å²) < 4.78 is 23.9. The molecule has 0 bridgehead atoms. The molecule has 5 heteroatoms. The minimum atomic E-state index is -1.35. The third-order valence-corrected chi connectivity index (χ3v) is 2.74. The van der Waals surface area contributed by atoms with Crippen molar-refractivity contribution >= 4 is 5.97 Å². The third kappa shape index (κ3) is 3.06. The maximum atomic E-state index is 13.4. The summed E-state index contributed by atoms with van der Waals surface area (Å²) in [6.45, 7) is 0.147. The molecule has 2 rings (SSSR count). The van der Waals surface area contributed by atoms with Gasteiger partial charge in [-0.25, -0.2) is 9.18 Å². The van der Waals surface area contributed by atoms with Crippen LogP contribution in [0.1, 0.15) is 15.9 Å². The van der Waals surface area contributed by atoms with E-state index in [0.29, 0.717) is 5.75 Å². The summed E-state index contributed by atoms with van der Waals surface area (Å²) >= 11 is 0. The van der Waals surface area contributed by atoms with Gasteiger partial charge < -0.3 is 14.6 Å². The summed E-state index contributed by atoms with van der Waals surface area (Å²) in [4.78, 5) is 11.0. The van der Waals surface area contributed by atoms with E-state index in [1.807, 2.05) is 0 Å². The first-order valence-corrected chi connectivity index (χ1v) is 5.89. The number of aromatic carboxylic acids is 1. The highest BCUT2D eigenvalue weighted by molar-refractivity contribution is 5.91. The Hall–Kier alpha value is -2.56. The van der Waals surface area contributed by atoms with Crippen molar-refractivity contribution in [3.63, 3.8) is 0 Å². The van der Waals surface area contributed by atoms with E-state index in [9.17, 15) is 9.18 Å². The Balaban J connectivity index is 2.14. The molecule has 2 aromatic carbocycles. The molecule has 4 nitrogen and oxygen atoms in total. The lowest BCUT2D eigenvalue weighted by molar-refractivity contribution is 0.0686. The van der Waals surface area contributed by atoms with Crippen LogP contribution in [-0.2, 0) is 6.61 Å². The fraction of sp³-hybridized carbons (Fsp3) is 0.133. The number of hydrogen-bond donors (Lipinski definition) is 1. The van der Waals surface area contributed by atoms with Gasteiger partial charge >= 0.3 is 5.97 Å². The van der Waals surface area contributed by atoms with Gasteiger partial charge in [-0.15, -0.1) is 0 Å². The van der Waals surface area contributed by atoms with Crippen molar-refractivity contribution in [1.29, 1.82) is 0 Å². The van der Waals surface area contributed by atoms with Gasteiger partial charge in [0.05, 0.1) is 7.11 Å². The zero-order valence-electron chi connectivity index (χ0n) is 10.8. The lowest BCUT2D eigenvalue weighted by atomic mass is 10.2. The van der Waals surface area contributed by atoms with Crippen LogP contribution in [-0.4, -0.2) is 18.2 Å². The zero-order valence-corrected chi connectivity index (χ0v) is 10.8. The number of carboxylic acid groups (broad SMARTS) is 1. The Kier molecular flexibility index (Phi) is 4.20. The van der Waals surface area contributed by atoms with Crippen molar-refractivity contribution < 1.29 is 23.8 Å². The van der Waals surface area contributed by atoms with Gasteiger partial charge in [0.15, 0.2) is 0 Å². The van der Waals surface area contributed by atoms with Crippen LogP contribution in [0.5, 0.6) is 11.5 Å². The van der Waals surface area contributed by atoms with Crippen LogP contribution in [0.25, 0.3) is 0 Å². The van der Waals surface area contributed by atoms with Crippen molar-refractivity contribution in [3.05, 3.63) is 59.4 Å². The molecular formula is C15H13FO4. The van der Waals surface area contributed by atoms with E-state index in [1.54, 1.807) is 31.4 Å². The highest BCUT2D eigenvalue weighted by Crippen LogP contribution is 2.23. The fourth-order valence-corrected chi connectivity index (χ4v) is 1.72. The molecule has 1 N–H and O–H groups in total. The maximum absolute atomic E-state index is 13.4. The first-order chi connectivity index (χ1) is 9.61. The van der Waals surface area contributed by atoms with Crippen LogP contribution < -0.4 is 9.47 Å². The average Bonchev–Trinajstić information content (AvgIpc) is 2.45. The smallest absolute Gasteiger partial charge is 0.342 e. The molecule has 0 unspecified atom stereocenters. The van der Waals surface area contributed by atoms with Crippen molar-refractivity contribution in [2.24, 2.45) is 0 Å². The summed E-state index contributed by atoms with van der Waals surface area (Å²) in [7, 11) is 1.57. The molecule has 0 radical (unpaired) electrons. The molecule has 104 valence electrons. The van der Waals surface area contributed by atoms with Gasteiger partial charge in [-0.2, -0.15) is 0 Å². The zero-order chi connectivity index (χ0) is 14.5. The van der Waals surface area contributed by atoms with Crippen LogP contribution in [0.15, 0.2) is 42.5 Å². The number of benzene rings is 2. The number of carboxylic acids is 1. The van der Waals surface area contributed by atoms with Gasteiger partial charge in [0.2, 0.25) is 0 Å². The summed E-state index contributed by atoms with van der Waals surface area (Å²) in [6.07, 6.45) is 0. The normalized spacial score (nSPS) is 10.1. The molecule has 0 aliphatic heterocycles. The third-order valence-electron chi connectivity index (χ3n) is 2.74. The Labute approximate surface area is 115 Å². The SMILES string of the molecule is COc1ccc(COc2cccc(F)c2C(=O)O)cc1. The standard InChI is InChI=1S/C15H13FO4/c1-19-11-7-5-10(6-8-11)9-20-13-4-2-3-12(16)14(13)15(17)18/h2-8H,9H2,1H3,(H,17,18). The quantitative estimate of drug-likeness (QED) is 0.911. The molecule has 0 aliphatic carbocycles. The highest BCUT2D eigenvalue weighted by Gasteiger charge is 2.16. The largest absolute Gasteiger partial charge is 0.497 e. The van der Waals surface area contributed by atoms with E-state index in [2.05, 4.69) is 0 Å². The molecule has 0 heterocycles. The molecule has 2 aromatic rings. The molecule has 20 heavy (non-hydrogen) atoms. The minimum absolute atomic E-state index is 0.00770. The van der Waals surface area contributed by atoms with Gasteiger partial charge in [0, 0.05) is 0 Å². The van der Waals surface area contributed by atoms with E-state index in [1.165, 1.54) is 12.1 Å². The number of carbonyl (C=O) groups is 1. The Morgan fingerprint density at radius 2 is 1.90 bits per heavy atom. The van der Waals surface area contributed by atoms with Crippen molar-refractivity contribution in [1.82, 2.24) is 0 Å². The topological polar surface area (TPSA) is 55.8 Å². The van der Waals surface area contributed by atoms with E-state index in [0.717, 1.165) is 11.6 Å². The lowest BCUT2D eigenvalue weighted by Gasteiger charge is -2.10. The molecule has 0 saturated carbocycles. The van der Waals surface area contributed by atoms with Gasteiger partial charge in [-0.3, -0.25) is 0 Å². The van der Waals surface area contributed by atoms with Crippen molar-refractivity contribution in [2.75, 3.05) is 7.11 Å². The maximum Gasteiger partial charge on any atom is 0.342 e. The lowest BCUT2D eigenvalue weighted by Crippen LogP contribution is -2.06. The van der Waals surface area contributed by atoms with Crippen LogP contribution >= 0.6 is 0 Å². The summed E-state index contributed by atoms with van der Waals surface area (Å²) in [5.74, 6) is -1.45. The number of methoxy groups -OCH3 is 1. The molecule has 0 amide bonds. The van der Waals surface area contributed by atoms with E-state index < -0.39 is 17.3 Å². The second kappa shape index (κ2) is 6.06. The highest BCUT2D eigenvalue weighted by atomic mass is 19.1. The second-order valence-corrected chi connectivity index (χ2v) is 4.05. The first-order valence-electron chi connectivity index (χ1n) is 5.89. The summed E-state index contributed by atoms with van der Waals surface area (Å²) in [6, 6.07) is 11.0. The van der Waals surface area contributed by atoms with Gasteiger partial charge in [-0.05, 0) is 29.8 Å².